The SMILES string of the molecule is COc1cnc(C(=O)Nc2ccc(F)c([C@@]3(C(F)F)CS(=O)(=O)C(C)(C)C(N)=N3)c2)cn1. The molecule has 0 fully saturated rings. The standard InChI is InChI=1S/C19H20F3N5O4S/c1-18(2)17(23)27-19(16(21)22,9-32(18,29)30)11-6-10(4-5-12(11)20)26-15(28)13-7-25-14(31-3)8-24-13/h4-8,16H,9H2,1-3H3,(H2,23,27)(H,26,28)/t19-/m1/s1. The lowest BCUT2D eigenvalue weighted by Gasteiger charge is -2.39. The first-order valence-corrected chi connectivity index (χ1v) is 10.8. The maximum atomic E-state index is 14.7. The molecule has 1 atom stereocenters. The fourth-order valence-corrected chi connectivity index (χ4v) is 4.70. The molecular weight excluding hydrogens is 451 g/mol. The van der Waals surface area contributed by atoms with Crippen LogP contribution < -0.4 is 15.8 Å². The topological polar surface area (TPSA) is 137 Å². The highest BCUT2D eigenvalue weighted by molar-refractivity contribution is 7.93. The predicted molar refractivity (Wildman–Crippen MR) is 110 cm³/mol. The van der Waals surface area contributed by atoms with Gasteiger partial charge in [0.15, 0.2) is 15.4 Å². The summed E-state index contributed by atoms with van der Waals surface area (Å²) in [7, 11) is -2.87. The Labute approximate surface area is 181 Å². The molecule has 1 aromatic heterocycles. The lowest BCUT2D eigenvalue weighted by molar-refractivity contribution is 0.0622. The lowest BCUT2D eigenvalue weighted by Crippen LogP contribution is -2.57. The summed E-state index contributed by atoms with van der Waals surface area (Å²) in [6.45, 7) is 2.47. The Morgan fingerprint density at radius 1 is 1.25 bits per heavy atom. The normalized spacial score (nSPS) is 21.7. The van der Waals surface area contributed by atoms with Gasteiger partial charge in [0.05, 0.1) is 25.3 Å². The average Bonchev–Trinajstić information content (AvgIpc) is 2.73. The molecule has 172 valence electrons. The fourth-order valence-electron chi connectivity index (χ4n) is 3.05. The molecule has 2 aromatic rings. The number of alkyl halides is 2. The summed E-state index contributed by atoms with van der Waals surface area (Å²) in [5.41, 5.74) is 2.03. The van der Waals surface area contributed by atoms with Crippen molar-refractivity contribution in [2.75, 3.05) is 18.2 Å². The molecule has 9 nitrogen and oxygen atoms in total. The number of nitrogens with one attached hydrogen (secondary N) is 1. The van der Waals surface area contributed by atoms with Crippen molar-refractivity contribution < 1.29 is 31.1 Å². The molecule has 1 amide bonds. The number of anilines is 1. The number of halogens is 3. The molecule has 0 unspecified atom stereocenters. The molecule has 0 saturated heterocycles. The number of carbonyl (C=O) groups is 1. The first kappa shape index (κ1) is 23.4. The number of aliphatic imine (C=N–C) groups is 1. The number of aromatic nitrogens is 2. The monoisotopic (exact) mass is 471 g/mol. The number of carbonyl (C=O) groups excluding carboxylic acids is 1. The van der Waals surface area contributed by atoms with Crippen molar-refractivity contribution in [1.82, 2.24) is 9.97 Å². The van der Waals surface area contributed by atoms with E-state index in [1.165, 1.54) is 27.2 Å². The zero-order chi connectivity index (χ0) is 23.9. The Balaban J connectivity index is 2.05. The van der Waals surface area contributed by atoms with E-state index in [1.807, 2.05) is 0 Å². The van der Waals surface area contributed by atoms with E-state index in [-0.39, 0.29) is 17.3 Å². The summed E-state index contributed by atoms with van der Waals surface area (Å²) in [5.74, 6) is -3.44. The van der Waals surface area contributed by atoms with Gasteiger partial charge in [0.25, 0.3) is 12.3 Å². The van der Waals surface area contributed by atoms with Crippen molar-refractivity contribution in [1.29, 1.82) is 0 Å². The number of methoxy groups -OCH3 is 1. The third kappa shape index (κ3) is 3.87. The van der Waals surface area contributed by atoms with Gasteiger partial charge in [-0.2, -0.15) is 0 Å². The highest BCUT2D eigenvalue weighted by Crippen LogP contribution is 2.42. The summed E-state index contributed by atoms with van der Waals surface area (Å²) >= 11 is 0. The summed E-state index contributed by atoms with van der Waals surface area (Å²) < 4.78 is 71.7. The smallest absolute Gasteiger partial charge is 0.275 e. The van der Waals surface area contributed by atoms with E-state index in [4.69, 9.17) is 10.5 Å². The van der Waals surface area contributed by atoms with Gasteiger partial charge in [-0.3, -0.25) is 9.79 Å². The van der Waals surface area contributed by atoms with Crippen LogP contribution in [0.5, 0.6) is 5.88 Å². The first-order valence-electron chi connectivity index (χ1n) is 9.18. The highest BCUT2D eigenvalue weighted by atomic mass is 32.2. The van der Waals surface area contributed by atoms with Crippen molar-refractivity contribution in [3.05, 3.63) is 47.7 Å². The molecule has 1 aliphatic rings. The molecule has 3 rings (SSSR count). The highest BCUT2D eigenvalue weighted by Gasteiger charge is 2.56. The summed E-state index contributed by atoms with van der Waals surface area (Å²) in [4.78, 5) is 23.9. The maximum Gasteiger partial charge on any atom is 0.275 e. The number of hydrogen-bond acceptors (Lipinski definition) is 8. The van der Waals surface area contributed by atoms with Crippen LogP contribution >= 0.6 is 0 Å². The number of ether oxygens (including phenoxy) is 1. The van der Waals surface area contributed by atoms with Gasteiger partial charge < -0.3 is 15.8 Å². The predicted octanol–water partition coefficient (Wildman–Crippen LogP) is 1.90. The van der Waals surface area contributed by atoms with E-state index in [2.05, 4.69) is 20.3 Å². The van der Waals surface area contributed by atoms with Gasteiger partial charge in [-0.15, -0.1) is 0 Å². The molecule has 0 saturated carbocycles. The third-order valence-electron chi connectivity index (χ3n) is 5.25. The minimum Gasteiger partial charge on any atom is -0.480 e. The van der Waals surface area contributed by atoms with Crippen molar-refractivity contribution in [3.8, 4) is 5.88 Å². The molecule has 1 aromatic carbocycles. The molecule has 0 aliphatic carbocycles. The minimum absolute atomic E-state index is 0.0833. The maximum absolute atomic E-state index is 14.7. The summed E-state index contributed by atoms with van der Waals surface area (Å²) in [5, 5.41) is 2.38. The van der Waals surface area contributed by atoms with E-state index in [0.717, 1.165) is 24.4 Å². The second kappa shape index (κ2) is 8.04. The number of amides is 1. The van der Waals surface area contributed by atoms with E-state index in [9.17, 15) is 26.4 Å². The number of nitrogens with two attached hydrogens (primary N) is 1. The van der Waals surface area contributed by atoms with E-state index >= 15 is 0 Å². The van der Waals surface area contributed by atoms with Gasteiger partial charge in [0.1, 0.15) is 22.1 Å². The van der Waals surface area contributed by atoms with Crippen LogP contribution in [0.2, 0.25) is 0 Å². The number of rotatable bonds is 5. The van der Waals surface area contributed by atoms with Crippen LogP contribution in [0.4, 0.5) is 18.9 Å². The molecule has 3 N–H and O–H groups in total. The van der Waals surface area contributed by atoms with Crippen molar-refractivity contribution in [2.45, 2.75) is 30.6 Å². The quantitative estimate of drug-likeness (QED) is 0.680. The molecule has 2 heterocycles. The number of hydrogen-bond donors (Lipinski definition) is 2. The molecule has 1 aliphatic heterocycles. The molecular formula is C19H20F3N5O4S. The Hall–Kier alpha value is -3.22. The van der Waals surface area contributed by atoms with Gasteiger partial charge in [-0.25, -0.2) is 31.6 Å². The number of amidine groups is 1. The fraction of sp³-hybridized carbons (Fsp3) is 0.368. The zero-order valence-corrected chi connectivity index (χ0v) is 18.1. The van der Waals surface area contributed by atoms with Crippen LogP contribution in [-0.4, -0.2) is 54.2 Å². The van der Waals surface area contributed by atoms with Crippen molar-refractivity contribution in [3.63, 3.8) is 0 Å². The number of benzene rings is 1. The van der Waals surface area contributed by atoms with Crippen LogP contribution in [0.15, 0.2) is 35.6 Å². The zero-order valence-electron chi connectivity index (χ0n) is 17.3. The number of sulfone groups is 1. The van der Waals surface area contributed by atoms with Crippen LogP contribution in [0.1, 0.15) is 29.9 Å². The van der Waals surface area contributed by atoms with Crippen LogP contribution in [0.3, 0.4) is 0 Å². The molecule has 0 bridgehead atoms. The van der Waals surface area contributed by atoms with E-state index in [1.54, 1.807) is 0 Å². The van der Waals surface area contributed by atoms with Crippen molar-refractivity contribution in [2.24, 2.45) is 10.7 Å². The summed E-state index contributed by atoms with van der Waals surface area (Å²) in [6.07, 6.45) is -1.08. The van der Waals surface area contributed by atoms with Gasteiger partial charge in [-0.1, -0.05) is 0 Å². The van der Waals surface area contributed by atoms with Crippen LogP contribution in [-0.2, 0) is 15.4 Å². The largest absolute Gasteiger partial charge is 0.480 e. The van der Waals surface area contributed by atoms with Crippen LogP contribution in [0.25, 0.3) is 0 Å². The second-order valence-corrected chi connectivity index (χ2v) is 10.1. The molecule has 13 heteroatoms. The van der Waals surface area contributed by atoms with Crippen LogP contribution in [0, 0.1) is 5.82 Å². The Morgan fingerprint density at radius 2 is 1.94 bits per heavy atom. The van der Waals surface area contributed by atoms with Gasteiger partial charge in [-0.05, 0) is 32.0 Å². The Bertz CT molecular complexity index is 1190. The average molecular weight is 471 g/mol. The van der Waals surface area contributed by atoms with E-state index in [0.29, 0.717) is 0 Å². The van der Waals surface area contributed by atoms with Crippen molar-refractivity contribution >= 4 is 27.3 Å². The van der Waals surface area contributed by atoms with Gasteiger partial charge in [0.2, 0.25) is 5.88 Å². The summed E-state index contributed by atoms with van der Waals surface area (Å²) in [6, 6.07) is 2.86. The number of nitrogens with zero attached hydrogens (tertiary/aromatic N) is 3. The van der Waals surface area contributed by atoms with Gasteiger partial charge in [0, 0.05) is 11.3 Å². The van der Waals surface area contributed by atoms with Gasteiger partial charge >= 0.3 is 0 Å². The third-order valence-corrected chi connectivity index (χ3v) is 7.83. The molecule has 32 heavy (non-hydrogen) atoms. The molecule has 0 spiro atoms. The minimum atomic E-state index is -4.23. The van der Waals surface area contributed by atoms with E-state index < -0.39 is 55.4 Å². The molecule has 0 radical (unpaired) electrons. The first-order chi connectivity index (χ1) is 14.8. The lowest BCUT2D eigenvalue weighted by atomic mass is 9.91. The Kier molecular flexibility index (Phi) is 5.89. The second-order valence-electron chi connectivity index (χ2n) is 7.58. The Morgan fingerprint density at radius 3 is 2.47 bits per heavy atom.